The molecule has 1 saturated carbocycles. The van der Waals surface area contributed by atoms with Gasteiger partial charge in [-0.25, -0.2) is 4.99 Å². The van der Waals surface area contributed by atoms with Gasteiger partial charge in [0.2, 0.25) is 11.9 Å². The molecular weight excluding hydrogens is 320 g/mol. The second-order valence-electron chi connectivity index (χ2n) is 6.75. The zero-order valence-corrected chi connectivity index (χ0v) is 14.2. The first kappa shape index (κ1) is 15.7. The molecule has 0 saturated heterocycles. The topological polar surface area (TPSA) is 118 Å². The fourth-order valence-electron chi connectivity index (χ4n) is 3.83. The third kappa shape index (κ3) is 2.57. The molecule has 1 unspecified atom stereocenters. The molecule has 1 spiro atoms. The lowest BCUT2D eigenvalue weighted by atomic mass is 9.87. The largest absolute Gasteiger partial charge is 0.479 e. The van der Waals surface area contributed by atoms with Gasteiger partial charge in [0.05, 0.1) is 5.69 Å². The predicted octanol–water partition coefficient (Wildman–Crippen LogP) is 1.52. The van der Waals surface area contributed by atoms with Gasteiger partial charge in [0.15, 0.2) is 6.10 Å². The molecule has 5 N–H and O–H groups in total. The molecule has 1 aromatic rings. The minimum atomic E-state index is -0.506. The summed E-state index contributed by atoms with van der Waals surface area (Å²) >= 11 is 0. The molecule has 3 aliphatic rings. The van der Waals surface area contributed by atoms with Crippen molar-refractivity contribution in [3.05, 3.63) is 18.2 Å². The number of hydrogen-bond donors (Lipinski definition) is 3. The Labute approximate surface area is 145 Å². The number of ether oxygens (including phenoxy) is 1. The van der Waals surface area contributed by atoms with E-state index in [1.807, 2.05) is 23.1 Å². The molecule has 25 heavy (non-hydrogen) atoms. The summed E-state index contributed by atoms with van der Waals surface area (Å²) in [4.78, 5) is 22.7. The third-order valence-electron chi connectivity index (χ3n) is 5.00. The number of rotatable bonds is 1. The van der Waals surface area contributed by atoms with Crippen LogP contribution < -0.4 is 26.4 Å². The Bertz CT molecular complexity index is 781. The summed E-state index contributed by atoms with van der Waals surface area (Å²) in [6.07, 6.45) is 4.51. The van der Waals surface area contributed by atoms with Crippen LogP contribution in [0.5, 0.6) is 5.75 Å². The summed E-state index contributed by atoms with van der Waals surface area (Å²) < 4.78 is 5.63. The first-order valence-electron chi connectivity index (χ1n) is 8.60. The number of carbonyl (C=O) groups excluding carboxylic acids is 1. The minimum absolute atomic E-state index is 0.167. The SMILES string of the molecule is CC1Oc2ccc(N3C(N)=NC(N)=NC34CCCCC4)cc2NC1=O. The molecule has 8 nitrogen and oxygen atoms in total. The average Bonchev–Trinajstić information content (AvgIpc) is 2.56. The van der Waals surface area contributed by atoms with E-state index < -0.39 is 11.8 Å². The first-order valence-corrected chi connectivity index (χ1v) is 8.60. The Morgan fingerprint density at radius 2 is 2.04 bits per heavy atom. The number of fused-ring (bicyclic) bond motifs is 1. The zero-order chi connectivity index (χ0) is 17.6. The summed E-state index contributed by atoms with van der Waals surface area (Å²) in [5, 5.41) is 2.87. The Kier molecular flexibility index (Phi) is 3.55. The molecule has 2 heterocycles. The van der Waals surface area contributed by atoms with Crippen LogP contribution in [0.4, 0.5) is 11.4 Å². The highest BCUT2D eigenvalue weighted by molar-refractivity contribution is 6.06. The highest BCUT2D eigenvalue weighted by Gasteiger charge is 2.42. The molecule has 8 heteroatoms. The van der Waals surface area contributed by atoms with Crippen LogP contribution in [-0.2, 0) is 4.79 Å². The van der Waals surface area contributed by atoms with E-state index >= 15 is 0 Å². The number of hydrogen-bond acceptors (Lipinski definition) is 7. The van der Waals surface area contributed by atoms with Crippen molar-refractivity contribution in [3.63, 3.8) is 0 Å². The van der Waals surface area contributed by atoms with Crippen molar-refractivity contribution < 1.29 is 9.53 Å². The van der Waals surface area contributed by atoms with Gasteiger partial charge in [-0.05, 0) is 50.8 Å². The second-order valence-corrected chi connectivity index (χ2v) is 6.75. The van der Waals surface area contributed by atoms with Crippen LogP contribution in [-0.4, -0.2) is 29.6 Å². The van der Waals surface area contributed by atoms with Crippen molar-refractivity contribution in [1.82, 2.24) is 0 Å². The van der Waals surface area contributed by atoms with E-state index in [2.05, 4.69) is 15.3 Å². The second kappa shape index (κ2) is 5.65. The summed E-state index contributed by atoms with van der Waals surface area (Å²) in [7, 11) is 0. The maximum absolute atomic E-state index is 11.9. The van der Waals surface area contributed by atoms with E-state index in [1.54, 1.807) is 6.92 Å². The van der Waals surface area contributed by atoms with Crippen molar-refractivity contribution in [2.75, 3.05) is 10.2 Å². The molecule has 0 aromatic heterocycles. The summed E-state index contributed by atoms with van der Waals surface area (Å²) in [6, 6.07) is 5.61. The molecule has 1 aromatic carbocycles. The van der Waals surface area contributed by atoms with Crippen LogP contribution in [0.15, 0.2) is 28.2 Å². The predicted molar refractivity (Wildman–Crippen MR) is 96.7 cm³/mol. The van der Waals surface area contributed by atoms with E-state index in [1.165, 1.54) is 6.42 Å². The maximum atomic E-state index is 11.9. The Morgan fingerprint density at radius 1 is 1.28 bits per heavy atom. The van der Waals surface area contributed by atoms with Crippen molar-refractivity contribution in [1.29, 1.82) is 0 Å². The fourth-order valence-corrected chi connectivity index (χ4v) is 3.83. The van der Waals surface area contributed by atoms with Gasteiger partial charge in [0.25, 0.3) is 5.91 Å². The molecule has 0 radical (unpaired) electrons. The van der Waals surface area contributed by atoms with Gasteiger partial charge >= 0.3 is 0 Å². The molecule has 132 valence electrons. The van der Waals surface area contributed by atoms with Crippen LogP contribution in [0.25, 0.3) is 0 Å². The molecule has 0 bridgehead atoms. The van der Waals surface area contributed by atoms with Gasteiger partial charge in [0.1, 0.15) is 11.4 Å². The lowest BCUT2D eigenvalue weighted by molar-refractivity contribution is -0.122. The summed E-state index contributed by atoms with van der Waals surface area (Å²) in [6.45, 7) is 1.72. The normalized spacial score (nSPS) is 24.8. The zero-order valence-electron chi connectivity index (χ0n) is 14.2. The monoisotopic (exact) mass is 342 g/mol. The van der Waals surface area contributed by atoms with E-state index in [4.69, 9.17) is 16.2 Å². The number of guanidine groups is 2. The number of nitrogens with two attached hydrogens (primary N) is 2. The maximum Gasteiger partial charge on any atom is 0.265 e. The van der Waals surface area contributed by atoms with Crippen LogP contribution in [0.3, 0.4) is 0 Å². The third-order valence-corrected chi connectivity index (χ3v) is 5.00. The Hall–Kier alpha value is -2.77. The lowest BCUT2D eigenvalue weighted by Crippen LogP contribution is -2.58. The van der Waals surface area contributed by atoms with Crippen LogP contribution in [0.2, 0.25) is 0 Å². The van der Waals surface area contributed by atoms with Crippen molar-refractivity contribution in [3.8, 4) is 5.75 Å². The summed E-state index contributed by atoms with van der Waals surface area (Å²) in [5.41, 5.74) is 13.1. The number of aliphatic imine (C=N–C) groups is 2. The van der Waals surface area contributed by atoms with Crippen molar-refractivity contribution >= 4 is 29.2 Å². The smallest absolute Gasteiger partial charge is 0.265 e. The van der Waals surface area contributed by atoms with E-state index in [-0.39, 0.29) is 11.9 Å². The number of anilines is 2. The molecule has 1 atom stereocenters. The first-order chi connectivity index (χ1) is 12.0. The summed E-state index contributed by atoms with van der Waals surface area (Å²) in [5.74, 6) is 1.02. The number of carbonyl (C=O) groups is 1. The van der Waals surface area contributed by atoms with E-state index in [9.17, 15) is 4.79 Å². The number of benzene rings is 1. The van der Waals surface area contributed by atoms with Gasteiger partial charge in [-0.2, -0.15) is 4.99 Å². The molecular formula is C17H22N6O2. The van der Waals surface area contributed by atoms with Gasteiger partial charge < -0.3 is 21.5 Å². The fraction of sp³-hybridized carbons (Fsp3) is 0.471. The molecule has 4 rings (SSSR count). The minimum Gasteiger partial charge on any atom is -0.479 e. The standard InChI is InChI=1S/C17H22N6O2/c1-10-14(24)20-12-9-11(5-6-13(12)25-10)23-16(19)21-15(18)22-17(23)7-3-2-4-8-17/h5-6,9-10H,2-4,7-8H2,1H3,(H,20,24)(H4,18,19,21,22). The van der Waals surface area contributed by atoms with Gasteiger partial charge in [-0.1, -0.05) is 6.42 Å². The van der Waals surface area contributed by atoms with E-state index in [0.29, 0.717) is 17.4 Å². The van der Waals surface area contributed by atoms with Crippen molar-refractivity contribution in [2.24, 2.45) is 21.5 Å². The lowest BCUT2D eigenvalue weighted by Gasteiger charge is -2.45. The van der Waals surface area contributed by atoms with Gasteiger partial charge in [0, 0.05) is 5.69 Å². The molecule has 2 aliphatic heterocycles. The molecule has 1 fully saturated rings. The van der Waals surface area contributed by atoms with Crippen LogP contribution >= 0.6 is 0 Å². The Balaban J connectivity index is 1.76. The Morgan fingerprint density at radius 3 is 2.80 bits per heavy atom. The average molecular weight is 342 g/mol. The molecule has 1 aliphatic carbocycles. The quantitative estimate of drug-likeness (QED) is 0.715. The van der Waals surface area contributed by atoms with Crippen molar-refractivity contribution in [2.45, 2.75) is 50.8 Å². The number of amides is 1. The highest BCUT2D eigenvalue weighted by atomic mass is 16.5. The number of nitrogens with zero attached hydrogens (tertiary/aromatic N) is 3. The number of nitrogens with one attached hydrogen (secondary N) is 1. The highest BCUT2D eigenvalue weighted by Crippen LogP contribution is 2.42. The van der Waals surface area contributed by atoms with Gasteiger partial charge in [-0.15, -0.1) is 0 Å². The molecule has 1 amide bonds. The van der Waals surface area contributed by atoms with Crippen LogP contribution in [0.1, 0.15) is 39.0 Å². The van der Waals surface area contributed by atoms with Crippen LogP contribution in [0, 0.1) is 0 Å². The van der Waals surface area contributed by atoms with E-state index in [0.717, 1.165) is 31.4 Å². The van der Waals surface area contributed by atoms with Gasteiger partial charge in [-0.3, -0.25) is 9.69 Å².